The Morgan fingerprint density at radius 3 is 2.15 bits per heavy atom. The van der Waals surface area contributed by atoms with Crippen molar-refractivity contribution < 1.29 is 23.8 Å². The minimum Gasteiger partial charge on any atom is -0.493 e. The minimum atomic E-state index is -0.669. The molecule has 0 atom stereocenters. The number of carbonyl (C=O) groups is 2. The highest BCUT2D eigenvalue weighted by Gasteiger charge is 2.43. The molecule has 2 aliphatic rings. The maximum absolute atomic E-state index is 13.2. The SMILES string of the molecule is COc1cc(C(=O)N2CCC3(CC2)N=C(c2ccc(C)c(C)c2)C(=O)N3)cc(OC)c1OC. The maximum Gasteiger partial charge on any atom is 0.272 e. The van der Waals surface area contributed by atoms with Gasteiger partial charge in [-0.25, -0.2) is 0 Å². The highest BCUT2D eigenvalue weighted by Crippen LogP contribution is 2.39. The molecule has 1 spiro atoms. The van der Waals surface area contributed by atoms with Crippen molar-refractivity contribution in [1.82, 2.24) is 10.2 Å². The van der Waals surface area contributed by atoms with Crippen molar-refractivity contribution >= 4 is 17.5 Å². The van der Waals surface area contributed by atoms with Crippen LogP contribution in [0.25, 0.3) is 0 Å². The Morgan fingerprint density at radius 1 is 0.970 bits per heavy atom. The van der Waals surface area contributed by atoms with Crippen molar-refractivity contribution in [1.29, 1.82) is 0 Å². The number of likely N-dealkylation sites (tertiary alicyclic amines) is 1. The van der Waals surface area contributed by atoms with Crippen LogP contribution in [0.2, 0.25) is 0 Å². The van der Waals surface area contributed by atoms with Gasteiger partial charge in [0, 0.05) is 37.1 Å². The van der Waals surface area contributed by atoms with Crippen molar-refractivity contribution in [2.75, 3.05) is 34.4 Å². The van der Waals surface area contributed by atoms with Crippen LogP contribution >= 0.6 is 0 Å². The number of carbonyl (C=O) groups excluding carboxylic acids is 2. The number of hydrogen-bond donors (Lipinski definition) is 1. The van der Waals surface area contributed by atoms with Crippen molar-refractivity contribution in [3.63, 3.8) is 0 Å². The molecule has 2 amide bonds. The summed E-state index contributed by atoms with van der Waals surface area (Å²) in [7, 11) is 4.56. The first-order valence-electron chi connectivity index (χ1n) is 10.9. The zero-order valence-corrected chi connectivity index (χ0v) is 19.7. The van der Waals surface area contributed by atoms with E-state index in [4.69, 9.17) is 19.2 Å². The Bertz CT molecular complexity index is 1110. The first-order valence-corrected chi connectivity index (χ1v) is 10.9. The van der Waals surface area contributed by atoms with Crippen molar-refractivity contribution in [3.05, 3.63) is 52.6 Å². The Kier molecular flexibility index (Phi) is 6.01. The molecular formula is C25H29N3O5. The topological polar surface area (TPSA) is 89.5 Å². The van der Waals surface area contributed by atoms with Crippen LogP contribution in [0.5, 0.6) is 17.2 Å². The van der Waals surface area contributed by atoms with Gasteiger partial charge in [-0.15, -0.1) is 0 Å². The van der Waals surface area contributed by atoms with Crippen molar-refractivity contribution in [2.24, 2.45) is 4.99 Å². The molecule has 8 heteroatoms. The van der Waals surface area contributed by atoms with E-state index in [0.717, 1.165) is 11.1 Å². The van der Waals surface area contributed by atoms with Gasteiger partial charge in [-0.2, -0.15) is 0 Å². The average Bonchev–Trinajstić information content (AvgIpc) is 3.15. The Balaban J connectivity index is 1.52. The van der Waals surface area contributed by atoms with E-state index >= 15 is 0 Å². The van der Waals surface area contributed by atoms with E-state index in [2.05, 4.69) is 5.32 Å². The van der Waals surface area contributed by atoms with Crippen LogP contribution in [-0.2, 0) is 4.79 Å². The summed E-state index contributed by atoms with van der Waals surface area (Å²) >= 11 is 0. The van der Waals surface area contributed by atoms with E-state index in [-0.39, 0.29) is 11.8 Å². The third-order valence-electron chi connectivity index (χ3n) is 6.46. The number of nitrogens with one attached hydrogen (secondary N) is 1. The number of benzene rings is 2. The highest BCUT2D eigenvalue weighted by molar-refractivity contribution is 6.46. The van der Waals surface area contributed by atoms with Crippen molar-refractivity contribution in [2.45, 2.75) is 32.4 Å². The first-order chi connectivity index (χ1) is 15.8. The number of amides is 2. The number of ether oxygens (including phenoxy) is 3. The van der Waals surface area contributed by atoms with Gasteiger partial charge < -0.3 is 24.4 Å². The third-order valence-corrected chi connectivity index (χ3v) is 6.46. The molecule has 0 aliphatic carbocycles. The normalized spacial score (nSPS) is 16.9. The zero-order chi connectivity index (χ0) is 23.8. The number of methoxy groups -OCH3 is 3. The number of nitrogens with zero attached hydrogens (tertiary/aromatic N) is 2. The molecule has 1 N–H and O–H groups in total. The average molecular weight is 452 g/mol. The molecule has 0 unspecified atom stereocenters. The van der Waals surface area contributed by atoms with E-state index in [0.29, 0.717) is 54.5 Å². The summed E-state index contributed by atoms with van der Waals surface area (Å²) in [5, 5.41) is 3.07. The van der Waals surface area contributed by atoms with Crippen molar-refractivity contribution in [3.8, 4) is 17.2 Å². The summed E-state index contributed by atoms with van der Waals surface area (Å²) in [4.78, 5) is 32.5. The molecule has 2 aromatic carbocycles. The molecule has 174 valence electrons. The molecule has 0 aromatic heterocycles. The molecule has 0 bridgehead atoms. The van der Waals surface area contributed by atoms with E-state index in [1.165, 1.54) is 26.9 Å². The second-order valence-corrected chi connectivity index (χ2v) is 8.45. The Hall–Kier alpha value is -3.55. The van der Waals surface area contributed by atoms with Gasteiger partial charge in [0.2, 0.25) is 5.75 Å². The summed E-state index contributed by atoms with van der Waals surface area (Å²) in [6.07, 6.45) is 1.09. The van der Waals surface area contributed by atoms with Gasteiger partial charge >= 0.3 is 0 Å². The fourth-order valence-electron chi connectivity index (χ4n) is 4.35. The van der Waals surface area contributed by atoms with Gasteiger partial charge in [-0.3, -0.25) is 14.6 Å². The number of aliphatic imine (C=N–C) groups is 1. The lowest BCUT2D eigenvalue weighted by Gasteiger charge is -2.37. The Morgan fingerprint density at radius 2 is 1.61 bits per heavy atom. The van der Waals surface area contributed by atoms with Crippen LogP contribution in [0.1, 0.15) is 39.9 Å². The summed E-state index contributed by atoms with van der Waals surface area (Å²) < 4.78 is 16.1. The fourth-order valence-corrected chi connectivity index (χ4v) is 4.35. The van der Waals surface area contributed by atoms with Gasteiger partial charge in [0.1, 0.15) is 11.4 Å². The van der Waals surface area contributed by atoms with Gasteiger partial charge in [0.25, 0.3) is 11.8 Å². The predicted molar refractivity (Wildman–Crippen MR) is 125 cm³/mol. The first kappa shape index (κ1) is 22.6. The molecule has 2 aromatic rings. The lowest BCUT2D eigenvalue weighted by molar-refractivity contribution is -0.115. The molecule has 0 radical (unpaired) electrons. The summed E-state index contributed by atoms with van der Waals surface area (Å²) in [5.41, 5.74) is 3.36. The van der Waals surface area contributed by atoms with Crippen LogP contribution in [0, 0.1) is 13.8 Å². The van der Waals surface area contributed by atoms with Crippen LogP contribution in [0.3, 0.4) is 0 Å². The molecule has 0 saturated carbocycles. The molecule has 4 rings (SSSR count). The summed E-state index contributed by atoms with van der Waals surface area (Å²) in [6.45, 7) is 5.01. The number of rotatable bonds is 5. The van der Waals surface area contributed by atoms with E-state index in [9.17, 15) is 9.59 Å². The van der Waals surface area contributed by atoms with Crippen LogP contribution in [0.15, 0.2) is 35.3 Å². The van der Waals surface area contributed by atoms with Crippen LogP contribution < -0.4 is 19.5 Å². The molecular weight excluding hydrogens is 422 g/mol. The number of piperidine rings is 1. The number of aryl methyl sites for hydroxylation is 2. The maximum atomic E-state index is 13.2. The van der Waals surface area contributed by atoms with Gasteiger partial charge in [-0.1, -0.05) is 12.1 Å². The summed E-state index contributed by atoms with van der Waals surface area (Å²) in [5.74, 6) is 1.00. The second-order valence-electron chi connectivity index (χ2n) is 8.45. The van der Waals surface area contributed by atoms with Gasteiger partial charge in [0.05, 0.1) is 21.3 Å². The molecule has 2 aliphatic heterocycles. The standard InChI is InChI=1S/C25H29N3O5/c1-15-6-7-17(12-16(15)2)21-23(29)27-25(26-21)8-10-28(11-9-25)24(30)18-13-19(31-3)22(33-5)20(14-18)32-4/h6-7,12-14H,8-11H2,1-5H3,(H,27,29). The Labute approximate surface area is 193 Å². The van der Waals surface area contributed by atoms with E-state index in [1.807, 2.05) is 32.0 Å². The third kappa shape index (κ3) is 4.13. The molecule has 2 heterocycles. The lowest BCUT2D eigenvalue weighted by Crippen LogP contribution is -2.52. The number of hydrogen-bond acceptors (Lipinski definition) is 6. The molecule has 1 fully saturated rings. The minimum absolute atomic E-state index is 0.133. The fraction of sp³-hybridized carbons (Fsp3) is 0.400. The largest absolute Gasteiger partial charge is 0.493 e. The molecule has 1 saturated heterocycles. The van der Waals surface area contributed by atoms with Crippen LogP contribution in [0.4, 0.5) is 0 Å². The van der Waals surface area contributed by atoms with Gasteiger partial charge in [-0.05, 0) is 43.2 Å². The monoisotopic (exact) mass is 451 g/mol. The highest BCUT2D eigenvalue weighted by atomic mass is 16.5. The van der Waals surface area contributed by atoms with Gasteiger partial charge in [0.15, 0.2) is 11.5 Å². The van der Waals surface area contributed by atoms with Crippen LogP contribution in [-0.4, -0.2) is 62.5 Å². The lowest BCUT2D eigenvalue weighted by atomic mass is 9.97. The summed E-state index contributed by atoms with van der Waals surface area (Å²) in [6, 6.07) is 9.24. The molecule has 8 nitrogen and oxygen atoms in total. The van der Waals surface area contributed by atoms with E-state index < -0.39 is 5.66 Å². The van der Waals surface area contributed by atoms with E-state index in [1.54, 1.807) is 17.0 Å². The molecule has 33 heavy (non-hydrogen) atoms. The smallest absolute Gasteiger partial charge is 0.272 e. The second kappa shape index (κ2) is 8.77. The zero-order valence-electron chi connectivity index (χ0n) is 19.7. The quantitative estimate of drug-likeness (QED) is 0.755. The predicted octanol–water partition coefficient (Wildman–Crippen LogP) is 2.88.